The maximum absolute atomic E-state index is 13.9. The predicted octanol–water partition coefficient (Wildman–Crippen LogP) is 0.967. The molecule has 3 rings (SSSR count). The maximum Gasteiger partial charge on any atom is 0.459 e. The first-order chi connectivity index (χ1) is 18.4. The van der Waals surface area contributed by atoms with Crippen LogP contribution >= 0.6 is 7.75 Å². The Morgan fingerprint density at radius 1 is 1.26 bits per heavy atom. The minimum absolute atomic E-state index is 0.153. The van der Waals surface area contributed by atoms with Crippen molar-refractivity contribution in [2.24, 2.45) is 5.73 Å². The van der Waals surface area contributed by atoms with Gasteiger partial charge in [0.2, 0.25) is 5.82 Å². The summed E-state index contributed by atoms with van der Waals surface area (Å²) in [4.78, 5) is 49.7. The number of hydrogen-bond acceptors (Lipinski definition) is 11. The number of nitrogens with one attached hydrogen (secondary N) is 2. The summed E-state index contributed by atoms with van der Waals surface area (Å²) in [5.41, 5.74) is 3.16. The van der Waals surface area contributed by atoms with Crippen LogP contribution in [0.3, 0.4) is 0 Å². The Morgan fingerprint density at radius 2 is 1.95 bits per heavy atom. The number of rotatable bonds is 12. The second kappa shape index (κ2) is 13.1. The Hall–Kier alpha value is -3.36. The van der Waals surface area contributed by atoms with Gasteiger partial charge in [-0.2, -0.15) is 9.48 Å². The fraction of sp³-hybridized carbons (Fsp3) is 0.478. The Balaban J connectivity index is 1.83. The molecule has 0 amide bonds. The molecule has 16 heteroatoms. The quantitative estimate of drug-likeness (QED) is 0.242. The van der Waals surface area contributed by atoms with Crippen LogP contribution in [0.5, 0.6) is 5.75 Å². The van der Waals surface area contributed by atoms with Crippen molar-refractivity contribution in [3.05, 3.63) is 63.2 Å². The van der Waals surface area contributed by atoms with Crippen molar-refractivity contribution >= 4 is 19.7 Å². The van der Waals surface area contributed by atoms with Crippen LogP contribution in [0.25, 0.3) is 0 Å². The summed E-state index contributed by atoms with van der Waals surface area (Å²) >= 11 is 0. The Kier molecular flexibility index (Phi) is 10.2. The number of para-hydroxylation sites is 1. The monoisotopic (exact) mass is 572 g/mol. The lowest BCUT2D eigenvalue weighted by atomic mass is 10.2. The van der Waals surface area contributed by atoms with Gasteiger partial charge in [0, 0.05) is 6.42 Å². The van der Waals surface area contributed by atoms with Crippen molar-refractivity contribution in [3.63, 3.8) is 0 Å². The number of carbonyl (C=O) groups excluding carboxylic acids is 2. The molecule has 2 aromatic rings. The number of H-pyrrole nitrogens is 1. The molecule has 1 aliphatic heterocycles. The third kappa shape index (κ3) is 8.31. The molecule has 1 fully saturated rings. The second-order valence-corrected chi connectivity index (χ2v) is 10.5. The van der Waals surface area contributed by atoms with E-state index in [1.54, 1.807) is 32.0 Å². The van der Waals surface area contributed by atoms with Gasteiger partial charge in [0.05, 0.1) is 25.5 Å². The van der Waals surface area contributed by atoms with Gasteiger partial charge in [-0.3, -0.25) is 28.5 Å². The van der Waals surface area contributed by atoms with E-state index in [0.29, 0.717) is 6.20 Å². The smallest absolute Gasteiger partial charge is 0.459 e. The average molecular weight is 572 g/mol. The zero-order valence-electron chi connectivity index (χ0n) is 21.4. The Morgan fingerprint density at radius 3 is 2.59 bits per heavy atom. The van der Waals surface area contributed by atoms with E-state index < -0.39 is 80.5 Å². The zero-order valence-corrected chi connectivity index (χ0v) is 22.3. The summed E-state index contributed by atoms with van der Waals surface area (Å²) in [6.45, 7) is 3.71. The third-order valence-corrected chi connectivity index (χ3v) is 6.94. The van der Waals surface area contributed by atoms with Crippen LogP contribution in [-0.2, 0) is 32.9 Å². The molecular formula is C23H30FN4O10P. The molecule has 0 saturated carbocycles. The zero-order chi connectivity index (χ0) is 28.7. The fourth-order valence-electron chi connectivity index (χ4n) is 3.54. The summed E-state index contributed by atoms with van der Waals surface area (Å²) < 4.78 is 55.7. The van der Waals surface area contributed by atoms with E-state index in [2.05, 4.69) is 5.09 Å². The first kappa shape index (κ1) is 30.2. The van der Waals surface area contributed by atoms with Gasteiger partial charge in [-0.15, -0.1) is 0 Å². The molecule has 14 nitrogen and oxygen atoms in total. The maximum atomic E-state index is 13.9. The molecule has 214 valence electrons. The summed E-state index contributed by atoms with van der Waals surface area (Å²) in [6.07, 6.45) is -3.32. The normalized spacial score (nSPS) is 21.2. The number of hydrogen-bond donors (Lipinski definition) is 3. The highest BCUT2D eigenvalue weighted by molar-refractivity contribution is 7.52. The molecule has 2 heterocycles. The largest absolute Gasteiger partial charge is 0.462 e. The van der Waals surface area contributed by atoms with E-state index in [9.17, 15) is 28.1 Å². The molecule has 1 aliphatic rings. The van der Waals surface area contributed by atoms with Crippen molar-refractivity contribution in [1.82, 2.24) is 14.6 Å². The minimum atomic E-state index is -4.30. The summed E-state index contributed by atoms with van der Waals surface area (Å²) in [7, 11) is -4.30. The summed E-state index contributed by atoms with van der Waals surface area (Å²) in [6, 6.07) is 6.88. The number of ether oxygens (including phenoxy) is 3. The number of esters is 2. The van der Waals surface area contributed by atoms with E-state index >= 15 is 0 Å². The molecule has 0 unspecified atom stereocenters. The lowest BCUT2D eigenvalue weighted by molar-refractivity contribution is -0.151. The number of carbonyl (C=O) groups is 2. The molecule has 1 aromatic heterocycles. The predicted molar refractivity (Wildman–Crippen MR) is 133 cm³/mol. The van der Waals surface area contributed by atoms with E-state index in [-0.39, 0.29) is 12.2 Å². The fourth-order valence-corrected chi connectivity index (χ4v) is 5.04. The standard InChI is InChI=1S/C23H30FN4O10P/c1-13(2)35-22(31)14(3)27-39(33,38-15-7-5-4-6-8-15)34-12-18-17(37-20(29)10-25)9-19(36-18)28-11-16(24)21(30)26-23(28)32/h4-8,11,13-14,17-19H,9-10,12,25H2,1-3H3,(H,27,33)(H,26,30,32)/t14-,17-,18+,19+,39-/m0/s1. The Bertz CT molecular complexity index is 1320. The number of benzene rings is 1. The number of nitrogens with two attached hydrogens (primary N) is 1. The van der Waals surface area contributed by atoms with Gasteiger partial charge >= 0.3 is 25.4 Å². The van der Waals surface area contributed by atoms with Crippen LogP contribution in [0.2, 0.25) is 0 Å². The Labute approximate surface area is 222 Å². The third-order valence-electron chi connectivity index (χ3n) is 5.30. The average Bonchev–Trinajstić information content (AvgIpc) is 3.27. The van der Waals surface area contributed by atoms with Gasteiger partial charge in [-0.25, -0.2) is 9.36 Å². The van der Waals surface area contributed by atoms with Gasteiger partial charge in [-0.05, 0) is 32.9 Å². The molecule has 1 saturated heterocycles. The van der Waals surface area contributed by atoms with Crippen LogP contribution in [0, 0.1) is 5.82 Å². The first-order valence-corrected chi connectivity index (χ1v) is 13.5. The van der Waals surface area contributed by atoms with Gasteiger partial charge in [-0.1, -0.05) is 18.2 Å². The molecule has 1 aromatic carbocycles. The van der Waals surface area contributed by atoms with Gasteiger partial charge in [0.1, 0.15) is 30.2 Å². The van der Waals surface area contributed by atoms with E-state index in [1.807, 2.05) is 4.98 Å². The second-order valence-electron chi connectivity index (χ2n) is 8.77. The van der Waals surface area contributed by atoms with Crippen molar-refractivity contribution in [2.45, 2.75) is 57.8 Å². The van der Waals surface area contributed by atoms with Crippen LogP contribution < -0.4 is 26.6 Å². The molecule has 4 N–H and O–H groups in total. The molecule has 0 bridgehead atoms. The lowest BCUT2D eigenvalue weighted by Gasteiger charge is -2.25. The first-order valence-electron chi connectivity index (χ1n) is 11.9. The van der Waals surface area contributed by atoms with Gasteiger partial charge in [0.15, 0.2) is 0 Å². The van der Waals surface area contributed by atoms with Crippen molar-refractivity contribution in [3.8, 4) is 5.75 Å². The molecule has 0 aliphatic carbocycles. The highest BCUT2D eigenvalue weighted by atomic mass is 31.2. The SMILES string of the molecule is CC(C)OC(=O)[C@H](C)N[P@](=O)(OC[C@H]1O[C@@H](n2cc(F)c(=O)[nH]c2=O)C[C@@H]1OC(=O)CN)Oc1ccccc1. The van der Waals surface area contributed by atoms with Crippen LogP contribution in [0.1, 0.15) is 33.4 Å². The van der Waals surface area contributed by atoms with E-state index in [0.717, 1.165) is 4.57 Å². The van der Waals surface area contributed by atoms with E-state index in [4.69, 9.17) is 29.0 Å². The minimum Gasteiger partial charge on any atom is -0.462 e. The molecule has 0 spiro atoms. The number of halogens is 1. The number of aromatic amines is 1. The van der Waals surface area contributed by atoms with Crippen molar-refractivity contribution in [2.75, 3.05) is 13.2 Å². The topological polar surface area (TPSA) is 190 Å². The molecule has 39 heavy (non-hydrogen) atoms. The van der Waals surface area contributed by atoms with Crippen LogP contribution in [-0.4, -0.2) is 59.0 Å². The highest BCUT2D eigenvalue weighted by Crippen LogP contribution is 2.46. The molecule has 0 radical (unpaired) electrons. The molecular weight excluding hydrogens is 542 g/mol. The molecule has 5 atom stereocenters. The van der Waals surface area contributed by atoms with E-state index in [1.165, 1.54) is 19.1 Å². The summed E-state index contributed by atoms with van der Waals surface area (Å²) in [5, 5.41) is 2.51. The van der Waals surface area contributed by atoms with Crippen molar-refractivity contribution in [1.29, 1.82) is 0 Å². The number of nitrogens with zero attached hydrogens (tertiary/aromatic N) is 1. The van der Waals surface area contributed by atoms with Crippen molar-refractivity contribution < 1.29 is 41.8 Å². The van der Waals surface area contributed by atoms with Gasteiger partial charge < -0.3 is 24.5 Å². The van der Waals surface area contributed by atoms with Crippen LogP contribution in [0.4, 0.5) is 4.39 Å². The summed E-state index contributed by atoms with van der Waals surface area (Å²) in [5.74, 6) is -2.59. The van der Waals surface area contributed by atoms with Gasteiger partial charge in [0.25, 0.3) is 5.56 Å². The number of aromatic nitrogens is 2. The van der Waals surface area contributed by atoms with Crippen LogP contribution in [0.15, 0.2) is 46.1 Å². The lowest BCUT2D eigenvalue weighted by Crippen LogP contribution is -2.38. The highest BCUT2D eigenvalue weighted by Gasteiger charge is 2.42.